The van der Waals surface area contributed by atoms with E-state index in [0.717, 1.165) is 70.7 Å². The number of hydrogen-bond donors (Lipinski definition) is 2. The van der Waals surface area contributed by atoms with Crippen LogP contribution in [0.2, 0.25) is 0 Å². The van der Waals surface area contributed by atoms with Gasteiger partial charge in [0.1, 0.15) is 0 Å². The van der Waals surface area contributed by atoms with Gasteiger partial charge in [-0.1, -0.05) is 134 Å². The summed E-state index contributed by atoms with van der Waals surface area (Å²) in [6.07, 6.45) is -3.33. The lowest BCUT2D eigenvalue weighted by Crippen LogP contribution is -2.37. The highest BCUT2D eigenvalue weighted by atomic mass is 19.4. The van der Waals surface area contributed by atoms with Crippen LogP contribution in [0.15, 0.2) is 176 Å². The fourth-order valence-electron chi connectivity index (χ4n) is 9.48. The first-order valence-electron chi connectivity index (χ1n) is 22.9. The zero-order valence-electron chi connectivity index (χ0n) is 37.8. The number of aryl methyl sites for hydroxylation is 1. The number of carbonyl (C=O) groups excluding carboxylic acids is 2. The summed E-state index contributed by atoms with van der Waals surface area (Å²) in [6, 6.07) is 45.3. The topological polar surface area (TPSA) is 100 Å². The molecule has 0 radical (unpaired) electrons. The highest BCUT2D eigenvalue weighted by Crippen LogP contribution is 2.45. The van der Waals surface area contributed by atoms with Crippen LogP contribution in [0, 0.1) is 18.8 Å². The van der Waals surface area contributed by atoms with Crippen LogP contribution in [0.4, 0.5) is 26.3 Å². The molecule has 9 rings (SSSR count). The van der Waals surface area contributed by atoms with E-state index in [1.54, 1.807) is 12.4 Å². The van der Waals surface area contributed by atoms with Crippen LogP contribution in [-0.2, 0) is 12.4 Å². The van der Waals surface area contributed by atoms with E-state index in [1.165, 1.54) is 29.8 Å². The second kappa shape index (κ2) is 22.6. The molecule has 69 heavy (non-hydrogen) atoms. The molecule has 0 aliphatic heterocycles. The van der Waals surface area contributed by atoms with Gasteiger partial charge in [0.25, 0.3) is 0 Å². The monoisotopic (exact) mass is 942 g/mol. The van der Waals surface area contributed by atoms with Crippen LogP contribution in [-0.4, -0.2) is 44.0 Å². The van der Waals surface area contributed by atoms with Crippen LogP contribution in [0.25, 0.3) is 22.5 Å². The highest BCUT2D eigenvalue weighted by Gasteiger charge is 2.42. The van der Waals surface area contributed by atoms with Crippen molar-refractivity contribution < 1.29 is 46.1 Å². The number of ketones is 2. The van der Waals surface area contributed by atoms with Gasteiger partial charge in [-0.25, -0.2) is 0 Å². The number of carbonyl (C=O) groups is 2. The molecule has 2 saturated carbocycles. The predicted octanol–water partition coefficient (Wildman–Crippen LogP) is 13.8. The minimum absolute atomic E-state index is 0.180. The molecule has 356 valence electrons. The van der Waals surface area contributed by atoms with E-state index in [1.807, 2.05) is 103 Å². The van der Waals surface area contributed by atoms with E-state index >= 15 is 0 Å². The maximum atomic E-state index is 13.3. The van der Waals surface area contributed by atoms with Gasteiger partial charge in [-0.15, -0.1) is 0 Å². The molecule has 2 fully saturated rings. The fourth-order valence-corrected chi connectivity index (χ4v) is 9.48. The Morgan fingerprint density at radius 1 is 0.464 bits per heavy atom. The largest absolute Gasteiger partial charge is 0.416 e. The predicted molar refractivity (Wildman–Crippen MR) is 254 cm³/mol. The SMILES string of the molecule is Cc1ccccc1.O=C(c1ccc(C(F)(F)F)cc1)[C@@H]1[C@@H](c2ccccc2-c2ccccn2)CCC[C@@H]1O.O=C(c1ccc(C(F)(F)F)cc1)[C@@H]1[C@H](O)CCC[C@H]1c1ccccc1-c1ccccn1. The molecule has 2 aromatic heterocycles. The summed E-state index contributed by atoms with van der Waals surface area (Å²) in [5.74, 6) is -2.62. The van der Waals surface area contributed by atoms with Gasteiger partial charge in [0.2, 0.25) is 0 Å². The summed E-state index contributed by atoms with van der Waals surface area (Å²) in [5, 5.41) is 21.5. The van der Waals surface area contributed by atoms with Gasteiger partial charge < -0.3 is 10.2 Å². The Bertz CT molecular complexity index is 2580. The average molecular weight is 943 g/mol. The number of benzene rings is 5. The number of aliphatic hydroxyl groups is 2. The summed E-state index contributed by atoms with van der Waals surface area (Å²) in [6.45, 7) is 2.08. The van der Waals surface area contributed by atoms with Gasteiger partial charge >= 0.3 is 12.4 Å². The first kappa shape index (κ1) is 50.1. The number of halogens is 6. The zero-order valence-corrected chi connectivity index (χ0v) is 37.8. The van der Waals surface area contributed by atoms with Crippen LogP contribution in [0.5, 0.6) is 0 Å². The summed E-state index contributed by atoms with van der Waals surface area (Å²) >= 11 is 0. The number of hydrogen-bond acceptors (Lipinski definition) is 6. The van der Waals surface area contributed by atoms with Gasteiger partial charge in [-0.2, -0.15) is 26.3 Å². The van der Waals surface area contributed by atoms with E-state index in [0.29, 0.717) is 25.7 Å². The molecule has 6 atom stereocenters. The van der Waals surface area contributed by atoms with Crippen LogP contribution >= 0.6 is 0 Å². The van der Waals surface area contributed by atoms with Gasteiger partial charge in [0, 0.05) is 34.6 Å². The molecule has 2 aliphatic carbocycles. The van der Waals surface area contributed by atoms with Crippen molar-refractivity contribution in [1.82, 2.24) is 9.97 Å². The lowest BCUT2D eigenvalue weighted by atomic mass is 9.69. The average Bonchev–Trinajstić information content (AvgIpc) is 3.36. The third-order valence-electron chi connectivity index (χ3n) is 12.9. The molecule has 0 saturated heterocycles. The van der Waals surface area contributed by atoms with Crippen molar-refractivity contribution in [2.45, 2.75) is 81.8 Å². The highest BCUT2D eigenvalue weighted by molar-refractivity contribution is 6.00. The quantitative estimate of drug-likeness (QED) is 0.116. The molecule has 12 heteroatoms. The summed E-state index contributed by atoms with van der Waals surface area (Å²) in [5.41, 5.74) is 5.27. The van der Waals surface area contributed by atoms with Crippen molar-refractivity contribution in [3.63, 3.8) is 0 Å². The third kappa shape index (κ3) is 12.5. The number of aliphatic hydroxyl groups excluding tert-OH is 2. The Hall–Kier alpha value is -6.76. The molecule has 0 spiro atoms. The number of rotatable bonds is 8. The number of aromatic nitrogens is 2. The van der Waals surface area contributed by atoms with Gasteiger partial charge in [0.15, 0.2) is 11.6 Å². The van der Waals surface area contributed by atoms with E-state index in [9.17, 15) is 46.1 Å². The molecule has 2 N–H and O–H groups in total. The first-order chi connectivity index (χ1) is 33.1. The number of nitrogens with zero attached hydrogens (tertiary/aromatic N) is 2. The summed E-state index contributed by atoms with van der Waals surface area (Å²) in [7, 11) is 0. The van der Waals surface area contributed by atoms with Crippen molar-refractivity contribution in [2.24, 2.45) is 11.8 Å². The maximum Gasteiger partial charge on any atom is 0.416 e. The maximum absolute atomic E-state index is 13.3. The Morgan fingerprint density at radius 2 is 0.826 bits per heavy atom. The van der Waals surface area contributed by atoms with Gasteiger partial charge in [-0.05, 0) is 104 Å². The molecule has 6 nitrogen and oxygen atoms in total. The van der Waals surface area contributed by atoms with Crippen LogP contribution < -0.4 is 0 Å². The number of alkyl halides is 6. The molecule has 0 unspecified atom stereocenters. The third-order valence-corrected chi connectivity index (χ3v) is 12.9. The Morgan fingerprint density at radius 3 is 1.16 bits per heavy atom. The zero-order chi connectivity index (χ0) is 49.1. The van der Waals surface area contributed by atoms with Gasteiger partial charge in [0.05, 0.1) is 46.6 Å². The lowest BCUT2D eigenvalue weighted by Gasteiger charge is -2.36. The Balaban J connectivity index is 0.000000178. The lowest BCUT2D eigenvalue weighted by molar-refractivity contribution is -0.138. The first-order valence-corrected chi connectivity index (χ1v) is 22.9. The second-order valence-electron chi connectivity index (χ2n) is 17.4. The minimum atomic E-state index is -4.46. The molecule has 7 aromatic rings. The fraction of sp³-hybridized carbons (Fsp3) is 0.263. The smallest absolute Gasteiger partial charge is 0.392 e. The summed E-state index contributed by atoms with van der Waals surface area (Å²) in [4.78, 5) is 35.6. The van der Waals surface area contributed by atoms with Crippen molar-refractivity contribution in [3.8, 4) is 22.5 Å². The van der Waals surface area contributed by atoms with E-state index < -0.39 is 47.5 Å². The molecular formula is C57H52F6N2O4. The second-order valence-corrected chi connectivity index (χ2v) is 17.4. The van der Waals surface area contributed by atoms with E-state index in [4.69, 9.17) is 0 Å². The van der Waals surface area contributed by atoms with E-state index in [-0.39, 0.29) is 34.5 Å². The molecule has 2 heterocycles. The van der Waals surface area contributed by atoms with Gasteiger partial charge in [-0.3, -0.25) is 19.6 Å². The molecule has 0 amide bonds. The van der Waals surface area contributed by atoms with Crippen molar-refractivity contribution in [3.05, 3.63) is 215 Å². The van der Waals surface area contributed by atoms with Crippen molar-refractivity contribution in [2.75, 3.05) is 0 Å². The minimum Gasteiger partial charge on any atom is -0.392 e. The normalized spacial score (nSPS) is 20.3. The van der Waals surface area contributed by atoms with Crippen LogP contribution in [0.1, 0.15) is 98.9 Å². The summed E-state index contributed by atoms with van der Waals surface area (Å²) < 4.78 is 77.4. The van der Waals surface area contributed by atoms with Crippen LogP contribution in [0.3, 0.4) is 0 Å². The number of Topliss-reactive ketones (excluding diaryl/α,β-unsaturated/α-hetero) is 2. The Labute approximate surface area is 397 Å². The molecule has 5 aromatic carbocycles. The van der Waals surface area contributed by atoms with E-state index in [2.05, 4.69) is 29.0 Å². The molecule has 2 aliphatic rings. The molecular weight excluding hydrogens is 891 g/mol. The van der Waals surface area contributed by atoms with Crippen molar-refractivity contribution in [1.29, 1.82) is 0 Å². The molecule has 0 bridgehead atoms. The van der Waals surface area contributed by atoms with Crippen molar-refractivity contribution >= 4 is 11.6 Å². The Kier molecular flexibility index (Phi) is 16.4. The standard InChI is InChI=1S/2C25H22F3NO2.C7H8/c2*26-25(27,28)17-13-11-16(12-14-17)24(31)23-20(8-5-10-22(23)30)18-6-1-2-7-19(18)21-9-3-4-15-29-21;1-7-5-3-2-4-6-7/h2*1-4,6-7,9,11-15,20,22-23,30H,5,8,10H2;2-6H,1H3/t2*20-,22+,23-;/m10./s1. The number of pyridine rings is 2.